The summed E-state index contributed by atoms with van der Waals surface area (Å²) in [5.41, 5.74) is 1.30. The molecule has 0 nitrogen and oxygen atoms in total. The number of fused-ring (bicyclic) bond motifs is 2. The summed E-state index contributed by atoms with van der Waals surface area (Å²) in [4.78, 5) is 2.29. The molecule has 0 aliphatic rings. The molecule has 1 aromatic heterocycles. The van der Waals surface area contributed by atoms with Gasteiger partial charge in [-0.15, -0.1) is 0 Å². The normalized spacial score (nSPS) is 11.3. The second-order valence-corrected chi connectivity index (χ2v) is 6.60. The van der Waals surface area contributed by atoms with Crippen molar-refractivity contribution in [1.82, 2.24) is 0 Å². The van der Waals surface area contributed by atoms with Gasteiger partial charge in [0.05, 0.1) is 0 Å². The van der Waals surface area contributed by atoms with Gasteiger partial charge in [0.15, 0.2) is 0 Å². The molecule has 1 heterocycles. The van der Waals surface area contributed by atoms with E-state index in [1.54, 1.807) is 0 Å². The average Bonchev–Trinajstić information content (AvgIpc) is 2.63. The Morgan fingerprint density at radius 3 is 2.67 bits per heavy atom. The van der Waals surface area contributed by atoms with Gasteiger partial charge < -0.3 is 0 Å². The molecule has 0 fully saturated rings. The Bertz CT molecular complexity index is 596. The topological polar surface area (TPSA) is 0 Å². The second-order valence-electron chi connectivity index (χ2n) is 3.76. The van der Waals surface area contributed by atoms with Crippen LogP contribution in [0.3, 0.4) is 0 Å². The maximum atomic E-state index is 3.59. The van der Waals surface area contributed by atoms with E-state index in [2.05, 4.69) is 58.1 Å². The predicted molar refractivity (Wildman–Crippen MR) is 70.8 cm³/mol. The monoisotopic (exact) mass is 324 g/mol. The van der Waals surface area contributed by atoms with E-state index in [0.29, 0.717) is 14.5 Å². The summed E-state index contributed by atoms with van der Waals surface area (Å²) in [6.07, 6.45) is 0. The van der Waals surface area contributed by atoms with E-state index >= 15 is 0 Å². The first-order valence-corrected chi connectivity index (χ1v) is 7.45. The number of aryl methyl sites for hydroxylation is 1. The third-order valence-electron chi connectivity index (χ3n) is 2.69. The summed E-state index contributed by atoms with van der Waals surface area (Å²) in [5.74, 6) is 0. The zero-order valence-corrected chi connectivity index (χ0v) is 11.5. The standard InChI is InChI=1S/C13H9BrSe/c1-8-4-10-5-9-2-3-15-13(9)7-11(10)6-12(8)14/h2-7H,1H3. The van der Waals surface area contributed by atoms with Crippen LogP contribution in [-0.4, -0.2) is 14.5 Å². The molecule has 2 heteroatoms. The third kappa shape index (κ3) is 1.57. The van der Waals surface area contributed by atoms with Gasteiger partial charge in [-0.3, -0.25) is 0 Å². The molecule has 3 rings (SSSR count). The molecule has 3 aromatic rings. The summed E-state index contributed by atoms with van der Waals surface area (Å²) in [6, 6.07) is 11.3. The first-order valence-electron chi connectivity index (χ1n) is 4.81. The van der Waals surface area contributed by atoms with Crippen molar-refractivity contribution < 1.29 is 0 Å². The van der Waals surface area contributed by atoms with Crippen LogP contribution in [0.15, 0.2) is 39.7 Å². The van der Waals surface area contributed by atoms with Crippen LogP contribution >= 0.6 is 15.9 Å². The molecule has 0 unspecified atom stereocenters. The Hall–Kier alpha value is -0.561. The second kappa shape index (κ2) is 3.48. The minimum absolute atomic E-state index is 0.543. The molecule has 2 aromatic carbocycles. The van der Waals surface area contributed by atoms with Crippen LogP contribution in [0.1, 0.15) is 5.56 Å². The molecule has 0 bridgehead atoms. The molecule has 0 aliphatic carbocycles. The van der Waals surface area contributed by atoms with Gasteiger partial charge in [-0.2, -0.15) is 0 Å². The zero-order valence-electron chi connectivity index (χ0n) is 8.25. The van der Waals surface area contributed by atoms with Gasteiger partial charge in [-0.1, -0.05) is 0 Å². The van der Waals surface area contributed by atoms with E-state index in [1.807, 2.05) is 0 Å². The van der Waals surface area contributed by atoms with Gasteiger partial charge in [0.25, 0.3) is 0 Å². The van der Waals surface area contributed by atoms with Gasteiger partial charge in [0, 0.05) is 0 Å². The van der Waals surface area contributed by atoms with Crippen molar-refractivity contribution in [3.8, 4) is 0 Å². The van der Waals surface area contributed by atoms with Gasteiger partial charge in [-0.05, 0) is 0 Å². The van der Waals surface area contributed by atoms with Crippen LogP contribution in [0, 0.1) is 6.92 Å². The van der Waals surface area contributed by atoms with Gasteiger partial charge >= 0.3 is 103 Å². The quantitative estimate of drug-likeness (QED) is 0.546. The van der Waals surface area contributed by atoms with Crippen LogP contribution in [0.2, 0.25) is 0 Å². The van der Waals surface area contributed by atoms with Crippen LogP contribution in [0.4, 0.5) is 0 Å². The average molecular weight is 324 g/mol. The van der Waals surface area contributed by atoms with Crippen LogP contribution in [0.25, 0.3) is 20.4 Å². The molecule has 0 N–H and O–H groups in total. The fourth-order valence-corrected chi connectivity index (χ4v) is 3.93. The summed E-state index contributed by atoms with van der Waals surface area (Å²) in [6.45, 7) is 2.14. The van der Waals surface area contributed by atoms with Crippen LogP contribution in [0.5, 0.6) is 0 Å². The molecule has 0 aliphatic heterocycles. The van der Waals surface area contributed by atoms with Crippen molar-refractivity contribution in [2.75, 3.05) is 0 Å². The van der Waals surface area contributed by atoms with Gasteiger partial charge in [0.1, 0.15) is 0 Å². The van der Waals surface area contributed by atoms with Crippen LogP contribution in [-0.2, 0) is 0 Å². The maximum absolute atomic E-state index is 3.59. The minimum atomic E-state index is 0.543. The molecular weight excluding hydrogens is 315 g/mol. The summed E-state index contributed by atoms with van der Waals surface area (Å²) < 4.78 is 2.71. The fraction of sp³-hybridized carbons (Fsp3) is 0.0769. The fourth-order valence-electron chi connectivity index (χ4n) is 1.85. The van der Waals surface area contributed by atoms with Crippen molar-refractivity contribution in [2.45, 2.75) is 6.92 Å². The Morgan fingerprint density at radius 2 is 1.80 bits per heavy atom. The summed E-state index contributed by atoms with van der Waals surface area (Å²) in [7, 11) is 0. The van der Waals surface area contributed by atoms with E-state index < -0.39 is 0 Å². The Kier molecular flexibility index (Phi) is 2.24. The molecule has 0 saturated heterocycles. The van der Waals surface area contributed by atoms with Crippen molar-refractivity contribution in [3.63, 3.8) is 0 Å². The van der Waals surface area contributed by atoms with E-state index in [4.69, 9.17) is 0 Å². The number of hydrogen-bond acceptors (Lipinski definition) is 0. The number of rotatable bonds is 0. The Balaban J connectivity index is 2.49. The molecule has 0 amide bonds. The van der Waals surface area contributed by atoms with Crippen molar-refractivity contribution in [3.05, 3.63) is 45.3 Å². The predicted octanol–water partition coefficient (Wildman–Crippen LogP) is 4.12. The van der Waals surface area contributed by atoms with E-state index in [9.17, 15) is 0 Å². The molecule has 0 saturated carbocycles. The first kappa shape index (κ1) is 9.65. The summed E-state index contributed by atoms with van der Waals surface area (Å²) >= 11 is 4.13. The SMILES string of the molecule is Cc1cc2cc3cc[se]c3cc2cc1Br. The Labute approximate surface area is 103 Å². The number of halogens is 1. The number of benzene rings is 2. The van der Waals surface area contributed by atoms with Gasteiger partial charge in [-0.25, -0.2) is 0 Å². The molecule has 0 radical (unpaired) electrons. The van der Waals surface area contributed by atoms with E-state index in [0.717, 1.165) is 0 Å². The molecular formula is C13H9BrSe. The van der Waals surface area contributed by atoms with E-state index in [-0.39, 0.29) is 0 Å². The van der Waals surface area contributed by atoms with Crippen molar-refractivity contribution >= 4 is 50.9 Å². The van der Waals surface area contributed by atoms with Crippen LogP contribution < -0.4 is 0 Å². The molecule has 0 spiro atoms. The van der Waals surface area contributed by atoms with Crippen molar-refractivity contribution in [1.29, 1.82) is 0 Å². The molecule has 15 heavy (non-hydrogen) atoms. The number of hydrogen-bond donors (Lipinski definition) is 0. The van der Waals surface area contributed by atoms with Crippen molar-refractivity contribution in [2.24, 2.45) is 0 Å². The summed E-state index contributed by atoms with van der Waals surface area (Å²) in [5, 5.41) is 4.10. The zero-order chi connectivity index (χ0) is 10.4. The molecule has 0 atom stereocenters. The molecule has 74 valence electrons. The Morgan fingerprint density at radius 1 is 1.00 bits per heavy atom. The first-order chi connectivity index (χ1) is 7.24. The third-order valence-corrected chi connectivity index (χ3v) is 5.39. The van der Waals surface area contributed by atoms with E-state index in [1.165, 1.54) is 30.5 Å². The van der Waals surface area contributed by atoms with Gasteiger partial charge in [0.2, 0.25) is 0 Å².